The van der Waals surface area contributed by atoms with E-state index in [9.17, 15) is 5.11 Å². The zero-order chi connectivity index (χ0) is 14.8. The van der Waals surface area contributed by atoms with Crippen LogP contribution in [0.4, 0.5) is 0 Å². The molecule has 5 nitrogen and oxygen atoms in total. The molecule has 6 heteroatoms. The van der Waals surface area contributed by atoms with Crippen LogP contribution < -0.4 is 5.73 Å². The van der Waals surface area contributed by atoms with E-state index < -0.39 is 6.04 Å². The molecule has 0 aliphatic rings. The van der Waals surface area contributed by atoms with Gasteiger partial charge in [-0.25, -0.2) is 4.98 Å². The number of hydrogen-bond acceptors (Lipinski definition) is 4. The lowest BCUT2D eigenvalue weighted by atomic mass is 10.1. The number of benzene rings is 2. The summed E-state index contributed by atoms with van der Waals surface area (Å²) in [6.07, 6.45) is 0. The van der Waals surface area contributed by atoms with E-state index in [0.29, 0.717) is 16.7 Å². The predicted molar refractivity (Wildman–Crippen MR) is 81.0 cm³/mol. The summed E-state index contributed by atoms with van der Waals surface area (Å²) < 4.78 is 0. The van der Waals surface area contributed by atoms with Crippen molar-refractivity contribution >= 4 is 11.6 Å². The minimum Gasteiger partial charge on any atom is -0.508 e. The summed E-state index contributed by atoms with van der Waals surface area (Å²) in [5, 5.41) is 17.1. The standard InChI is InChI=1S/C15H13ClN4O/c16-11-6-4-9(5-7-11)13(17)15-18-14(19-20-15)10-2-1-3-12(21)8-10/h1-8,13,21H,17H2,(H,18,19,20). The quantitative estimate of drug-likeness (QED) is 0.694. The molecule has 0 radical (unpaired) electrons. The second kappa shape index (κ2) is 5.55. The highest BCUT2D eigenvalue weighted by Gasteiger charge is 2.14. The zero-order valence-electron chi connectivity index (χ0n) is 11.0. The lowest BCUT2D eigenvalue weighted by molar-refractivity contribution is 0.475. The average Bonchev–Trinajstić information content (AvgIpc) is 2.97. The van der Waals surface area contributed by atoms with Crippen LogP contribution >= 0.6 is 11.6 Å². The van der Waals surface area contributed by atoms with Crippen LogP contribution in [0.15, 0.2) is 48.5 Å². The fourth-order valence-electron chi connectivity index (χ4n) is 2.02. The van der Waals surface area contributed by atoms with Crippen molar-refractivity contribution in [3.8, 4) is 17.1 Å². The van der Waals surface area contributed by atoms with Gasteiger partial charge in [0.05, 0.1) is 6.04 Å². The van der Waals surface area contributed by atoms with Gasteiger partial charge in [0.1, 0.15) is 11.6 Å². The highest BCUT2D eigenvalue weighted by molar-refractivity contribution is 6.30. The van der Waals surface area contributed by atoms with Gasteiger partial charge in [0.2, 0.25) is 0 Å². The number of aromatic nitrogens is 3. The maximum absolute atomic E-state index is 9.49. The molecule has 4 N–H and O–H groups in total. The molecule has 106 valence electrons. The molecule has 0 aliphatic carbocycles. The minimum absolute atomic E-state index is 0.167. The van der Waals surface area contributed by atoms with Crippen molar-refractivity contribution in [3.05, 3.63) is 64.9 Å². The maximum atomic E-state index is 9.49. The van der Waals surface area contributed by atoms with Gasteiger partial charge in [-0.15, -0.1) is 0 Å². The van der Waals surface area contributed by atoms with Crippen molar-refractivity contribution in [3.63, 3.8) is 0 Å². The van der Waals surface area contributed by atoms with E-state index in [4.69, 9.17) is 17.3 Å². The molecule has 0 bridgehead atoms. The Morgan fingerprint density at radius 2 is 1.90 bits per heavy atom. The second-order valence-electron chi connectivity index (χ2n) is 4.62. The SMILES string of the molecule is NC(c1ccc(Cl)cc1)c1nc(-c2cccc(O)c2)n[nH]1. The highest BCUT2D eigenvalue weighted by Crippen LogP contribution is 2.23. The van der Waals surface area contributed by atoms with Crippen molar-refractivity contribution < 1.29 is 5.11 Å². The highest BCUT2D eigenvalue weighted by atomic mass is 35.5. The Bertz CT molecular complexity index is 754. The number of nitrogens with two attached hydrogens (primary N) is 1. The van der Waals surface area contributed by atoms with Gasteiger partial charge in [-0.2, -0.15) is 5.10 Å². The van der Waals surface area contributed by atoms with E-state index in [1.54, 1.807) is 30.3 Å². The van der Waals surface area contributed by atoms with E-state index in [1.807, 2.05) is 18.2 Å². The summed E-state index contributed by atoms with van der Waals surface area (Å²) in [5.41, 5.74) is 7.77. The third-order valence-electron chi connectivity index (χ3n) is 3.13. The topological polar surface area (TPSA) is 87.8 Å². The molecular weight excluding hydrogens is 288 g/mol. The van der Waals surface area contributed by atoms with Gasteiger partial charge in [-0.3, -0.25) is 5.10 Å². The summed E-state index contributed by atoms with van der Waals surface area (Å²) in [4.78, 5) is 4.38. The maximum Gasteiger partial charge on any atom is 0.181 e. The first-order chi connectivity index (χ1) is 10.1. The smallest absolute Gasteiger partial charge is 0.181 e. The molecule has 1 aromatic heterocycles. The molecule has 0 saturated carbocycles. The fraction of sp³-hybridized carbons (Fsp3) is 0.0667. The lowest BCUT2D eigenvalue weighted by Gasteiger charge is -2.08. The Labute approximate surface area is 126 Å². The number of aromatic amines is 1. The number of nitrogens with zero attached hydrogens (tertiary/aromatic N) is 2. The van der Waals surface area contributed by atoms with Gasteiger partial charge >= 0.3 is 0 Å². The van der Waals surface area contributed by atoms with E-state index in [0.717, 1.165) is 11.1 Å². The second-order valence-corrected chi connectivity index (χ2v) is 5.06. The van der Waals surface area contributed by atoms with Crippen LogP contribution in [-0.2, 0) is 0 Å². The van der Waals surface area contributed by atoms with E-state index in [1.165, 1.54) is 0 Å². The number of rotatable bonds is 3. The van der Waals surface area contributed by atoms with Gasteiger partial charge in [0, 0.05) is 10.6 Å². The zero-order valence-corrected chi connectivity index (χ0v) is 11.7. The summed E-state index contributed by atoms with van der Waals surface area (Å²) >= 11 is 5.86. The molecule has 3 rings (SSSR count). The molecular formula is C15H13ClN4O. The van der Waals surface area contributed by atoms with Gasteiger partial charge in [-0.05, 0) is 29.8 Å². The minimum atomic E-state index is -0.416. The monoisotopic (exact) mass is 300 g/mol. The third-order valence-corrected chi connectivity index (χ3v) is 3.38. The van der Waals surface area contributed by atoms with Gasteiger partial charge in [0.15, 0.2) is 5.82 Å². The van der Waals surface area contributed by atoms with Crippen LogP contribution in [0.3, 0.4) is 0 Å². The predicted octanol–water partition coefficient (Wildman–Crippen LogP) is 2.88. The molecule has 21 heavy (non-hydrogen) atoms. The molecule has 0 amide bonds. The van der Waals surface area contributed by atoms with Crippen molar-refractivity contribution in [1.82, 2.24) is 15.2 Å². The summed E-state index contributed by atoms with van der Waals surface area (Å²) in [6, 6.07) is 13.6. The number of halogens is 1. The molecule has 3 aromatic rings. The Morgan fingerprint density at radius 1 is 1.14 bits per heavy atom. The largest absolute Gasteiger partial charge is 0.508 e. The summed E-state index contributed by atoms with van der Waals surface area (Å²) in [5.74, 6) is 1.21. The van der Waals surface area contributed by atoms with Gasteiger partial charge in [-0.1, -0.05) is 35.9 Å². The third kappa shape index (κ3) is 2.89. The normalized spacial score (nSPS) is 12.3. The summed E-state index contributed by atoms with van der Waals surface area (Å²) in [6.45, 7) is 0. The lowest BCUT2D eigenvalue weighted by Crippen LogP contribution is -2.13. The molecule has 1 unspecified atom stereocenters. The fourth-order valence-corrected chi connectivity index (χ4v) is 2.14. The van der Waals surface area contributed by atoms with Crippen molar-refractivity contribution in [2.75, 3.05) is 0 Å². The number of aromatic hydroxyl groups is 1. The van der Waals surface area contributed by atoms with Crippen molar-refractivity contribution in [2.24, 2.45) is 5.73 Å². The average molecular weight is 301 g/mol. The Kier molecular flexibility index (Phi) is 3.60. The van der Waals surface area contributed by atoms with Gasteiger partial charge in [0.25, 0.3) is 0 Å². The van der Waals surface area contributed by atoms with E-state index in [-0.39, 0.29) is 5.75 Å². The van der Waals surface area contributed by atoms with Crippen LogP contribution in [0.2, 0.25) is 5.02 Å². The Balaban J connectivity index is 1.89. The van der Waals surface area contributed by atoms with Crippen molar-refractivity contribution in [1.29, 1.82) is 0 Å². The van der Waals surface area contributed by atoms with E-state index in [2.05, 4.69) is 15.2 Å². The number of nitrogens with one attached hydrogen (secondary N) is 1. The number of phenols is 1. The van der Waals surface area contributed by atoms with Crippen LogP contribution in [0.25, 0.3) is 11.4 Å². The molecule has 2 aromatic carbocycles. The molecule has 0 aliphatic heterocycles. The summed E-state index contributed by atoms with van der Waals surface area (Å²) in [7, 11) is 0. The number of hydrogen-bond donors (Lipinski definition) is 3. The molecule has 0 spiro atoms. The van der Waals surface area contributed by atoms with Crippen LogP contribution in [0, 0.1) is 0 Å². The number of H-pyrrole nitrogens is 1. The number of phenolic OH excluding ortho intramolecular Hbond substituents is 1. The van der Waals surface area contributed by atoms with Crippen molar-refractivity contribution in [2.45, 2.75) is 6.04 Å². The van der Waals surface area contributed by atoms with Crippen LogP contribution in [0.1, 0.15) is 17.4 Å². The van der Waals surface area contributed by atoms with Crippen LogP contribution in [-0.4, -0.2) is 20.3 Å². The Hall–Kier alpha value is -2.37. The first kappa shape index (κ1) is 13.6. The van der Waals surface area contributed by atoms with Crippen LogP contribution in [0.5, 0.6) is 5.75 Å². The molecule has 1 heterocycles. The van der Waals surface area contributed by atoms with Gasteiger partial charge < -0.3 is 10.8 Å². The molecule has 1 atom stereocenters. The first-order valence-electron chi connectivity index (χ1n) is 6.36. The Morgan fingerprint density at radius 3 is 2.62 bits per heavy atom. The first-order valence-corrected chi connectivity index (χ1v) is 6.74. The molecule has 0 fully saturated rings. The van der Waals surface area contributed by atoms with E-state index >= 15 is 0 Å². The molecule has 0 saturated heterocycles.